The Hall–Kier alpha value is -4.33. The normalized spacial score (nSPS) is 10.7. The van der Waals surface area contributed by atoms with Gasteiger partial charge in [-0.1, -0.05) is 36.4 Å². The predicted octanol–water partition coefficient (Wildman–Crippen LogP) is 4.59. The number of rotatable bonds is 8. The van der Waals surface area contributed by atoms with E-state index in [0.29, 0.717) is 34.6 Å². The fraction of sp³-hybridized carbons (Fsp3) is 0.125. The Morgan fingerprint density at radius 3 is 2.59 bits per heavy atom. The zero-order chi connectivity index (χ0) is 22.5. The molecule has 2 N–H and O–H groups in total. The lowest BCUT2D eigenvalue weighted by Crippen LogP contribution is -2.22. The van der Waals surface area contributed by atoms with Crippen LogP contribution in [0.1, 0.15) is 21.5 Å². The number of carbonyl (C=O) groups is 1. The minimum atomic E-state index is -0.484. The topological polar surface area (TPSA) is 106 Å². The van der Waals surface area contributed by atoms with Crippen LogP contribution in [0.15, 0.2) is 72.9 Å². The third-order valence-electron chi connectivity index (χ3n) is 5.04. The van der Waals surface area contributed by atoms with Crippen molar-refractivity contribution in [2.24, 2.45) is 0 Å². The second kappa shape index (κ2) is 9.22. The van der Waals surface area contributed by atoms with Gasteiger partial charge in [-0.05, 0) is 29.3 Å². The van der Waals surface area contributed by atoms with Gasteiger partial charge in [-0.25, -0.2) is 0 Å². The van der Waals surface area contributed by atoms with Crippen LogP contribution >= 0.6 is 0 Å². The molecule has 0 aliphatic carbocycles. The third kappa shape index (κ3) is 4.54. The van der Waals surface area contributed by atoms with Gasteiger partial charge in [0, 0.05) is 35.8 Å². The molecule has 0 fully saturated rings. The second-order valence-corrected chi connectivity index (χ2v) is 7.13. The summed E-state index contributed by atoms with van der Waals surface area (Å²) in [6, 6.07) is 19.7. The minimum Gasteiger partial charge on any atom is -0.493 e. The molecule has 0 unspecified atom stereocenters. The summed E-state index contributed by atoms with van der Waals surface area (Å²) in [5.74, 6) is 0.839. The van der Waals surface area contributed by atoms with Gasteiger partial charge in [0.15, 0.2) is 11.5 Å². The molecule has 4 aromatic rings. The molecule has 1 aromatic heterocycles. The summed E-state index contributed by atoms with van der Waals surface area (Å²) in [4.78, 5) is 26.2. The maximum atomic E-state index is 12.7. The number of hydrogen-bond donors (Lipinski definition) is 2. The van der Waals surface area contributed by atoms with Gasteiger partial charge in [-0.3, -0.25) is 14.9 Å². The fourth-order valence-electron chi connectivity index (χ4n) is 3.36. The first-order valence-corrected chi connectivity index (χ1v) is 9.92. The number of methoxy groups -OCH3 is 1. The number of aromatic nitrogens is 1. The van der Waals surface area contributed by atoms with E-state index in [2.05, 4.69) is 10.3 Å². The Bertz CT molecular complexity index is 1270. The van der Waals surface area contributed by atoms with Crippen molar-refractivity contribution in [2.45, 2.75) is 13.2 Å². The summed E-state index contributed by atoms with van der Waals surface area (Å²) in [5.41, 5.74) is 2.81. The first kappa shape index (κ1) is 20.9. The molecule has 1 amide bonds. The Morgan fingerprint density at radius 1 is 1.03 bits per heavy atom. The van der Waals surface area contributed by atoms with Gasteiger partial charge >= 0.3 is 0 Å². The third-order valence-corrected chi connectivity index (χ3v) is 5.04. The molecule has 0 spiro atoms. The molecule has 0 aliphatic heterocycles. The van der Waals surface area contributed by atoms with Crippen molar-refractivity contribution in [3.8, 4) is 11.5 Å². The van der Waals surface area contributed by atoms with Crippen LogP contribution in [-0.2, 0) is 13.2 Å². The molecule has 162 valence electrons. The Morgan fingerprint density at radius 2 is 1.84 bits per heavy atom. The van der Waals surface area contributed by atoms with E-state index in [1.54, 1.807) is 31.5 Å². The van der Waals surface area contributed by atoms with Gasteiger partial charge in [0.1, 0.15) is 6.61 Å². The monoisotopic (exact) mass is 431 g/mol. The van der Waals surface area contributed by atoms with Crippen molar-refractivity contribution < 1.29 is 19.2 Å². The number of non-ortho nitro benzene ring substituents is 1. The van der Waals surface area contributed by atoms with E-state index in [4.69, 9.17) is 9.47 Å². The van der Waals surface area contributed by atoms with Crippen molar-refractivity contribution in [3.05, 3.63) is 99.7 Å². The van der Waals surface area contributed by atoms with Gasteiger partial charge in [0.2, 0.25) is 0 Å². The van der Waals surface area contributed by atoms with E-state index < -0.39 is 4.92 Å². The summed E-state index contributed by atoms with van der Waals surface area (Å²) in [6.45, 7) is 0.676. The maximum absolute atomic E-state index is 12.7. The summed E-state index contributed by atoms with van der Waals surface area (Å²) in [6.07, 6.45) is 1.55. The molecule has 0 atom stereocenters. The van der Waals surface area contributed by atoms with Crippen molar-refractivity contribution in [3.63, 3.8) is 0 Å². The fourth-order valence-corrected chi connectivity index (χ4v) is 3.36. The van der Waals surface area contributed by atoms with Crippen LogP contribution in [0.3, 0.4) is 0 Å². The van der Waals surface area contributed by atoms with Crippen LogP contribution in [0.5, 0.6) is 11.5 Å². The van der Waals surface area contributed by atoms with Crippen molar-refractivity contribution >= 4 is 22.5 Å². The standard InChI is InChI=1S/C24H21N3O5/c1-31-23-11-17(7-10-22(23)32-15-16-5-3-2-4-6-16)13-26-24(28)20-14-25-21-9-8-18(27(29)30)12-19(20)21/h2-12,14,25H,13,15H2,1H3,(H,26,28). The van der Waals surface area contributed by atoms with E-state index in [-0.39, 0.29) is 18.1 Å². The van der Waals surface area contributed by atoms with Crippen molar-refractivity contribution in [1.82, 2.24) is 10.3 Å². The molecule has 0 radical (unpaired) electrons. The number of nitrogens with one attached hydrogen (secondary N) is 2. The van der Waals surface area contributed by atoms with Crippen molar-refractivity contribution in [1.29, 1.82) is 0 Å². The zero-order valence-corrected chi connectivity index (χ0v) is 17.3. The lowest BCUT2D eigenvalue weighted by atomic mass is 10.1. The van der Waals surface area contributed by atoms with Crippen molar-refractivity contribution in [2.75, 3.05) is 7.11 Å². The molecule has 3 aromatic carbocycles. The van der Waals surface area contributed by atoms with Gasteiger partial charge in [0.25, 0.3) is 11.6 Å². The molecule has 4 rings (SSSR count). The Kier molecular flexibility index (Phi) is 6.03. The molecule has 8 nitrogen and oxygen atoms in total. The van der Waals surface area contributed by atoms with E-state index in [9.17, 15) is 14.9 Å². The summed E-state index contributed by atoms with van der Waals surface area (Å²) < 4.78 is 11.3. The van der Waals surface area contributed by atoms with Crippen LogP contribution in [0.2, 0.25) is 0 Å². The molecule has 1 heterocycles. The minimum absolute atomic E-state index is 0.0676. The highest BCUT2D eigenvalue weighted by Gasteiger charge is 2.16. The van der Waals surface area contributed by atoms with Crippen LogP contribution in [0, 0.1) is 10.1 Å². The highest BCUT2D eigenvalue weighted by Crippen LogP contribution is 2.29. The maximum Gasteiger partial charge on any atom is 0.270 e. The number of benzene rings is 3. The molecule has 0 bridgehead atoms. The van der Waals surface area contributed by atoms with Gasteiger partial charge < -0.3 is 19.8 Å². The van der Waals surface area contributed by atoms with E-state index in [0.717, 1.165) is 11.1 Å². The van der Waals surface area contributed by atoms with Gasteiger partial charge in [-0.15, -0.1) is 0 Å². The molecular weight excluding hydrogens is 410 g/mol. The van der Waals surface area contributed by atoms with Crippen LogP contribution in [0.25, 0.3) is 10.9 Å². The average molecular weight is 431 g/mol. The van der Waals surface area contributed by atoms with E-state index >= 15 is 0 Å². The quantitative estimate of drug-likeness (QED) is 0.313. The summed E-state index contributed by atoms with van der Waals surface area (Å²) in [7, 11) is 1.56. The summed E-state index contributed by atoms with van der Waals surface area (Å²) >= 11 is 0. The van der Waals surface area contributed by atoms with E-state index in [1.807, 2.05) is 36.4 Å². The van der Waals surface area contributed by atoms with Gasteiger partial charge in [0.05, 0.1) is 17.6 Å². The largest absolute Gasteiger partial charge is 0.493 e. The Labute approximate surface area is 183 Å². The van der Waals surface area contributed by atoms with Crippen LogP contribution in [-0.4, -0.2) is 22.9 Å². The molecule has 0 aliphatic rings. The number of amides is 1. The van der Waals surface area contributed by atoms with Gasteiger partial charge in [-0.2, -0.15) is 0 Å². The Balaban J connectivity index is 1.44. The number of hydrogen-bond acceptors (Lipinski definition) is 5. The van der Waals surface area contributed by atoms with Crippen LogP contribution < -0.4 is 14.8 Å². The lowest BCUT2D eigenvalue weighted by molar-refractivity contribution is -0.384. The lowest BCUT2D eigenvalue weighted by Gasteiger charge is -2.13. The number of nitro groups is 1. The van der Waals surface area contributed by atoms with E-state index in [1.165, 1.54) is 12.1 Å². The first-order chi connectivity index (χ1) is 15.5. The molecule has 0 saturated heterocycles. The number of nitro benzene ring substituents is 1. The number of H-pyrrole nitrogens is 1. The van der Waals surface area contributed by atoms with Crippen LogP contribution in [0.4, 0.5) is 5.69 Å². The predicted molar refractivity (Wildman–Crippen MR) is 120 cm³/mol. The molecule has 8 heteroatoms. The molecule has 0 saturated carbocycles. The zero-order valence-electron chi connectivity index (χ0n) is 17.3. The second-order valence-electron chi connectivity index (χ2n) is 7.13. The number of carbonyl (C=O) groups excluding carboxylic acids is 1. The number of fused-ring (bicyclic) bond motifs is 1. The first-order valence-electron chi connectivity index (χ1n) is 9.92. The average Bonchev–Trinajstić information content (AvgIpc) is 3.25. The SMILES string of the molecule is COc1cc(CNC(=O)c2c[nH]c3ccc([N+](=O)[O-])cc23)ccc1OCc1ccccc1. The summed E-state index contributed by atoms with van der Waals surface area (Å²) in [5, 5.41) is 14.4. The highest BCUT2D eigenvalue weighted by atomic mass is 16.6. The number of ether oxygens (including phenoxy) is 2. The number of aromatic amines is 1. The molecular formula is C24H21N3O5. The number of nitrogens with zero attached hydrogens (tertiary/aromatic N) is 1. The smallest absolute Gasteiger partial charge is 0.270 e. The molecule has 32 heavy (non-hydrogen) atoms. The highest BCUT2D eigenvalue weighted by molar-refractivity contribution is 6.07.